The van der Waals surface area contributed by atoms with Crippen molar-refractivity contribution in [2.24, 2.45) is 0 Å². The van der Waals surface area contributed by atoms with Gasteiger partial charge in [-0.3, -0.25) is 0 Å². The summed E-state index contributed by atoms with van der Waals surface area (Å²) in [4.78, 5) is 0. The molecule has 0 unspecified atom stereocenters. The van der Waals surface area contributed by atoms with Crippen molar-refractivity contribution < 1.29 is 59.9 Å². The topological polar surface area (TPSA) is 66.4 Å². The van der Waals surface area contributed by atoms with E-state index in [1.54, 1.807) is 0 Å². The van der Waals surface area contributed by atoms with Gasteiger partial charge in [-0.05, 0) is 0 Å². The van der Waals surface area contributed by atoms with Gasteiger partial charge in [0.2, 0.25) is 10.4 Å². The second-order valence-corrected chi connectivity index (χ2v) is 1.92. The van der Waals surface area contributed by atoms with Crippen molar-refractivity contribution in [2.45, 2.75) is 6.36 Å². The smallest absolute Gasteiger partial charge is 0.725 e. The average molecular weight is 188 g/mol. The molecule has 4 nitrogen and oxygen atoms in total. The predicted molar refractivity (Wildman–Crippen MR) is 16.8 cm³/mol. The molecule has 56 valence electrons. The molecule has 0 radical (unpaired) electrons. The van der Waals surface area contributed by atoms with Crippen molar-refractivity contribution in [1.29, 1.82) is 0 Å². The van der Waals surface area contributed by atoms with Crippen molar-refractivity contribution in [3.05, 3.63) is 0 Å². The van der Waals surface area contributed by atoms with Gasteiger partial charge in [0.05, 0.1) is 0 Å². The molecule has 0 N–H and O–H groups in total. The molecule has 0 aromatic rings. The summed E-state index contributed by atoms with van der Waals surface area (Å²) in [5.74, 6) is 0. The van der Waals surface area contributed by atoms with Crippen molar-refractivity contribution in [1.82, 2.24) is 0 Å². The molecule has 9 heteroatoms. The van der Waals surface area contributed by atoms with Gasteiger partial charge >= 0.3 is 35.9 Å². The van der Waals surface area contributed by atoms with Crippen LogP contribution in [-0.4, -0.2) is 19.3 Å². The van der Waals surface area contributed by atoms with E-state index in [1.807, 2.05) is 4.18 Å². The van der Waals surface area contributed by atoms with Gasteiger partial charge in [0.25, 0.3) is 0 Å². The Morgan fingerprint density at radius 1 is 1.30 bits per heavy atom. The Labute approximate surface area is 76.6 Å². The SMILES string of the molecule is O=S(=O)([O-])OC(F)(F)F.[Na+]. The fourth-order valence-electron chi connectivity index (χ4n) is 0.116. The van der Waals surface area contributed by atoms with E-state index in [0.717, 1.165) is 0 Å². The molecular weight excluding hydrogens is 188 g/mol. The van der Waals surface area contributed by atoms with Gasteiger partial charge in [0.15, 0.2) is 0 Å². The molecule has 0 fully saturated rings. The summed E-state index contributed by atoms with van der Waals surface area (Å²) in [5.41, 5.74) is 0. The minimum atomic E-state index is -5.66. The molecule has 0 aliphatic rings. The molecule has 0 aliphatic heterocycles. The molecule has 0 aromatic heterocycles. The van der Waals surface area contributed by atoms with Crippen LogP contribution in [0.1, 0.15) is 0 Å². The van der Waals surface area contributed by atoms with Gasteiger partial charge < -0.3 is 4.55 Å². The van der Waals surface area contributed by atoms with Crippen LogP contribution < -0.4 is 29.6 Å². The van der Waals surface area contributed by atoms with Gasteiger partial charge in [-0.1, -0.05) is 0 Å². The van der Waals surface area contributed by atoms with Gasteiger partial charge in [0.1, 0.15) is 0 Å². The summed E-state index contributed by atoms with van der Waals surface area (Å²) in [6.07, 6.45) is -5.42. The predicted octanol–water partition coefficient (Wildman–Crippen LogP) is -3.01. The molecule has 10 heavy (non-hydrogen) atoms. The van der Waals surface area contributed by atoms with E-state index in [4.69, 9.17) is 13.0 Å². The van der Waals surface area contributed by atoms with E-state index >= 15 is 0 Å². The summed E-state index contributed by atoms with van der Waals surface area (Å²) >= 11 is 0. The Hall–Kier alpha value is 0.660. The maximum Gasteiger partial charge on any atom is 1.00 e. The molecule has 0 rings (SSSR count). The molecule has 0 spiro atoms. The molecule has 0 aliphatic carbocycles. The average Bonchev–Trinajstić information content (AvgIpc) is 1.14. The first-order chi connectivity index (χ1) is 3.71. The zero-order valence-corrected chi connectivity index (χ0v) is 7.49. The maximum absolute atomic E-state index is 10.8. The molecule has 0 heterocycles. The van der Waals surface area contributed by atoms with Gasteiger partial charge in [-0.15, -0.1) is 13.2 Å². The second-order valence-electron chi connectivity index (χ2n) is 0.937. The molecule has 0 bridgehead atoms. The molecule has 0 atom stereocenters. The fraction of sp³-hybridized carbons (Fsp3) is 1.00. The number of rotatable bonds is 1. The molecular formula is CF3NaO4S. The third-order valence-electron chi connectivity index (χ3n) is 0.197. The van der Waals surface area contributed by atoms with Crippen molar-refractivity contribution >= 4 is 10.4 Å². The van der Waals surface area contributed by atoms with Crippen LogP contribution in [0.25, 0.3) is 0 Å². The van der Waals surface area contributed by atoms with Gasteiger partial charge in [-0.2, -0.15) is 4.18 Å². The number of halogens is 3. The first-order valence-corrected chi connectivity index (χ1v) is 2.77. The van der Waals surface area contributed by atoms with Crippen LogP contribution in [0.4, 0.5) is 13.2 Å². The number of hydrogen-bond acceptors (Lipinski definition) is 4. The Morgan fingerprint density at radius 2 is 1.60 bits per heavy atom. The van der Waals surface area contributed by atoms with E-state index < -0.39 is 16.8 Å². The number of alkyl halides is 3. The summed E-state index contributed by atoms with van der Waals surface area (Å²) in [7, 11) is -5.66. The van der Waals surface area contributed by atoms with Crippen LogP contribution in [0.3, 0.4) is 0 Å². The summed E-state index contributed by atoms with van der Waals surface area (Å²) < 4.78 is 61.7. The molecule has 0 amide bonds. The van der Waals surface area contributed by atoms with E-state index in [9.17, 15) is 13.2 Å². The molecule has 0 saturated carbocycles. The Bertz CT molecular complexity index is 181. The zero-order chi connectivity index (χ0) is 7.71. The van der Waals surface area contributed by atoms with E-state index in [1.165, 1.54) is 0 Å². The Balaban J connectivity index is 0. The molecule has 0 saturated heterocycles. The van der Waals surface area contributed by atoms with Crippen molar-refractivity contribution in [2.75, 3.05) is 0 Å². The third kappa shape index (κ3) is 11.5. The Morgan fingerprint density at radius 3 is 1.60 bits per heavy atom. The zero-order valence-electron chi connectivity index (χ0n) is 4.68. The molecule has 0 aromatic carbocycles. The largest absolute Gasteiger partial charge is 1.00 e. The van der Waals surface area contributed by atoms with Gasteiger partial charge in [-0.25, -0.2) is 8.42 Å². The summed E-state index contributed by atoms with van der Waals surface area (Å²) in [5, 5.41) is 0. The van der Waals surface area contributed by atoms with Crippen LogP contribution in [0, 0.1) is 0 Å². The van der Waals surface area contributed by atoms with Gasteiger partial charge in [0, 0.05) is 0 Å². The summed E-state index contributed by atoms with van der Waals surface area (Å²) in [6, 6.07) is 0. The first kappa shape index (κ1) is 13.3. The standard InChI is InChI=1S/CHF3O4S.Na/c2-1(3,4)8-9(5,6)7;/h(H,5,6,7);/q;+1/p-1. The quantitative estimate of drug-likeness (QED) is 0.249. The van der Waals surface area contributed by atoms with E-state index in [-0.39, 0.29) is 29.6 Å². The van der Waals surface area contributed by atoms with Crippen LogP contribution in [0.15, 0.2) is 0 Å². The third-order valence-corrected chi connectivity index (χ3v) is 0.590. The first-order valence-electron chi connectivity index (χ1n) is 1.44. The van der Waals surface area contributed by atoms with Crippen LogP contribution >= 0.6 is 0 Å². The minimum Gasteiger partial charge on any atom is -0.725 e. The van der Waals surface area contributed by atoms with E-state index in [2.05, 4.69) is 0 Å². The van der Waals surface area contributed by atoms with Crippen LogP contribution in [0.2, 0.25) is 0 Å². The Kier molecular flexibility index (Phi) is 5.15. The number of hydrogen-bond donors (Lipinski definition) is 0. The van der Waals surface area contributed by atoms with Crippen LogP contribution in [-0.2, 0) is 14.6 Å². The normalized spacial score (nSPS) is 12.4. The maximum atomic E-state index is 10.8. The fourth-order valence-corrected chi connectivity index (χ4v) is 0.347. The van der Waals surface area contributed by atoms with Crippen molar-refractivity contribution in [3.63, 3.8) is 0 Å². The van der Waals surface area contributed by atoms with E-state index in [0.29, 0.717) is 0 Å². The minimum absolute atomic E-state index is 0. The van der Waals surface area contributed by atoms with Crippen LogP contribution in [0.5, 0.6) is 0 Å². The van der Waals surface area contributed by atoms with Crippen molar-refractivity contribution in [3.8, 4) is 0 Å². The summed E-state index contributed by atoms with van der Waals surface area (Å²) in [6.45, 7) is 0. The monoisotopic (exact) mass is 188 g/mol. The second kappa shape index (κ2) is 3.88.